The highest BCUT2D eigenvalue weighted by atomic mass is 32.2. The van der Waals surface area contributed by atoms with E-state index in [-0.39, 0.29) is 29.9 Å². The van der Waals surface area contributed by atoms with Crippen LogP contribution in [-0.4, -0.2) is 57.1 Å². The molecule has 1 atom stereocenters. The van der Waals surface area contributed by atoms with E-state index < -0.39 is 22.2 Å². The fourth-order valence-corrected chi connectivity index (χ4v) is 4.85. The van der Waals surface area contributed by atoms with Gasteiger partial charge in [-0.25, -0.2) is 13.2 Å². The molecule has 0 aromatic heterocycles. The van der Waals surface area contributed by atoms with E-state index >= 15 is 0 Å². The normalized spacial score (nSPS) is 15.5. The van der Waals surface area contributed by atoms with E-state index in [9.17, 15) is 18.0 Å². The van der Waals surface area contributed by atoms with Gasteiger partial charge >= 0.3 is 6.09 Å². The van der Waals surface area contributed by atoms with Crippen molar-refractivity contribution in [3.05, 3.63) is 65.7 Å². The summed E-state index contributed by atoms with van der Waals surface area (Å²) in [4.78, 5) is 25.1. The van der Waals surface area contributed by atoms with E-state index in [0.717, 1.165) is 11.1 Å². The molecule has 10 heteroatoms. The second-order valence-corrected chi connectivity index (χ2v) is 10.2. The number of nitrogens with zero attached hydrogens (tertiary/aromatic N) is 1. The van der Waals surface area contributed by atoms with E-state index in [2.05, 4.69) is 10.6 Å². The molecule has 1 saturated heterocycles. The summed E-state index contributed by atoms with van der Waals surface area (Å²) in [6.07, 6.45) is -0.671. The highest BCUT2D eigenvalue weighted by Crippen LogP contribution is 2.18. The lowest BCUT2D eigenvalue weighted by Gasteiger charge is -2.26. The van der Waals surface area contributed by atoms with Gasteiger partial charge in [0.2, 0.25) is 15.9 Å². The molecule has 1 aliphatic rings. The van der Waals surface area contributed by atoms with Gasteiger partial charge in [-0.05, 0) is 29.2 Å². The average molecular weight is 490 g/mol. The van der Waals surface area contributed by atoms with Crippen LogP contribution < -0.4 is 10.6 Å². The Morgan fingerprint density at radius 1 is 1.00 bits per heavy atom. The minimum Gasteiger partial charge on any atom is -0.445 e. The number of sulfonamides is 1. The van der Waals surface area contributed by atoms with Crippen molar-refractivity contribution in [3.63, 3.8) is 0 Å². The van der Waals surface area contributed by atoms with Crippen molar-refractivity contribution in [1.29, 1.82) is 0 Å². The van der Waals surface area contributed by atoms with Crippen LogP contribution in [-0.2, 0) is 37.4 Å². The number of nitrogens with one attached hydrogen (secondary N) is 2. The van der Waals surface area contributed by atoms with Gasteiger partial charge < -0.3 is 20.1 Å². The molecule has 1 heterocycles. The minimum atomic E-state index is -3.57. The van der Waals surface area contributed by atoms with E-state index in [1.54, 1.807) is 12.1 Å². The molecule has 0 bridgehead atoms. The number of carbonyl (C=O) groups excluding carboxylic acids is 2. The third kappa shape index (κ3) is 7.02. The van der Waals surface area contributed by atoms with Gasteiger partial charge in [-0.15, -0.1) is 0 Å². The van der Waals surface area contributed by atoms with Crippen molar-refractivity contribution in [1.82, 2.24) is 14.9 Å². The van der Waals surface area contributed by atoms with Crippen LogP contribution >= 0.6 is 0 Å². The van der Waals surface area contributed by atoms with Crippen LogP contribution in [0.5, 0.6) is 0 Å². The van der Waals surface area contributed by atoms with Crippen molar-refractivity contribution >= 4 is 22.0 Å². The summed E-state index contributed by atoms with van der Waals surface area (Å²) in [5.41, 5.74) is 1.59. The van der Waals surface area contributed by atoms with Gasteiger partial charge in [-0.2, -0.15) is 4.31 Å². The Morgan fingerprint density at radius 3 is 2.26 bits per heavy atom. The number of ether oxygens (including phenoxy) is 2. The molecule has 2 amide bonds. The smallest absolute Gasteiger partial charge is 0.408 e. The first-order valence-corrected chi connectivity index (χ1v) is 12.6. The van der Waals surface area contributed by atoms with Gasteiger partial charge in [0.25, 0.3) is 0 Å². The third-order valence-corrected chi connectivity index (χ3v) is 7.35. The van der Waals surface area contributed by atoms with Crippen molar-refractivity contribution in [2.75, 3.05) is 26.3 Å². The largest absolute Gasteiger partial charge is 0.445 e. The number of alkyl carbamates (subject to hydrolysis) is 1. The summed E-state index contributed by atoms with van der Waals surface area (Å²) in [6, 6.07) is 14.9. The second-order valence-electron chi connectivity index (χ2n) is 8.31. The molecular weight excluding hydrogens is 458 g/mol. The van der Waals surface area contributed by atoms with Gasteiger partial charge in [0.1, 0.15) is 12.6 Å². The van der Waals surface area contributed by atoms with Crippen molar-refractivity contribution < 1.29 is 27.5 Å². The number of morpholine rings is 1. The molecule has 34 heavy (non-hydrogen) atoms. The summed E-state index contributed by atoms with van der Waals surface area (Å²) in [7, 11) is -3.57. The number of hydrogen-bond acceptors (Lipinski definition) is 6. The average Bonchev–Trinajstić information content (AvgIpc) is 2.86. The zero-order valence-electron chi connectivity index (χ0n) is 19.4. The third-order valence-electron chi connectivity index (χ3n) is 5.43. The van der Waals surface area contributed by atoms with Crippen LogP contribution in [0.2, 0.25) is 0 Å². The predicted molar refractivity (Wildman–Crippen MR) is 126 cm³/mol. The second kappa shape index (κ2) is 12.0. The Balaban J connectivity index is 1.52. The molecule has 1 fully saturated rings. The lowest BCUT2D eigenvalue weighted by Crippen LogP contribution is -2.49. The maximum absolute atomic E-state index is 12.7. The fraction of sp³-hybridized carbons (Fsp3) is 0.417. The SMILES string of the molecule is CC(C)[C@H](NC(=O)OCc1ccccc1)C(=O)NCc1ccc(S(=O)(=O)N2CCOCC2)cc1. The van der Waals surface area contributed by atoms with Gasteiger partial charge in [0.15, 0.2) is 0 Å². The van der Waals surface area contributed by atoms with Gasteiger partial charge in [0.05, 0.1) is 18.1 Å². The number of amides is 2. The molecule has 9 nitrogen and oxygen atoms in total. The fourth-order valence-electron chi connectivity index (χ4n) is 3.44. The number of carbonyl (C=O) groups is 2. The summed E-state index contributed by atoms with van der Waals surface area (Å²) >= 11 is 0. The maximum Gasteiger partial charge on any atom is 0.408 e. The summed E-state index contributed by atoms with van der Waals surface area (Å²) in [5, 5.41) is 5.42. The van der Waals surface area contributed by atoms with Crippen LogP contribution in [0.1, 0.15) is 25.0 Å². The lowest BCUT2D eigenvalue weighted by molar-refractivity contribution is -0.124. The van der Waals surface area contributed by atoms with Crippen molar-refractivity contribution in [2.45, 2.75) is 37.9 Å². The molecular formula is C24H31N3O6S. The highest BCUT2D eigenvalue weighted by Gasteiger charge is 2.27. The van der Waals surface area contributed by atoms with Crippen LogP contribution in [0.15, 0.2) is 59.5 Å². The summed E-state index contributed by atoms with van der Waals surface area (Å²) in [6.45, 7) is 5.39. The molecule has 0 spiro atoms. The van der Waals surface area contributed by atoms with Gasteiger partial charge in [-0.3, -0.25) is 4.79 Å². The quantitative estimate of drug-likeness (QED) is 0.559. The van der Waals surface area contributed by atoms with Crippen molar-refractivity contribution in [2.24, 2.45) is 5.92 Å². The van der Waals surface area contributed by atoms with Crippen LogP contribution in [0.3, 0.4) is 0 Å². The Bertz CT molecular complexity index is 1050. The van der Waals surface area contributed by atoms with Crippen LogP contribution in [0.25, 0.3) is 0 Å². The van der Waals surface area contributed by atoms with E-state index in [1.807, 2.05) is 44.2 Å². The highest BCUT2D eigenvalue weighted by molar-refractivity contribution is 7.89. The number of benzene rings is 2. The number of hydrogen-bond donors (Lipinski definition) is 2. The molecule has 0 aliphatic carbocycles. The Morgan fingerprint density at radius 2 is 1.65 bits per heavy atom. The van der Waals surface area contributed by atoms with Gasteiger partial charge in [-0.1, -0.05) is 56.3 Å². The Kier molecular flexibility index (Phi) is 9.03. The standard InChI is InChI=1S/C24H31N3O6S/c1-18(2)22(26-24(29)33-17-20-6-4-3-5-7-20)23(28)25-16-19-8-10-21(11-9-19)34(30,31)27-12-14-32-15-13-27/h3-11,18,22H,12-17H2,1-2H3,(H,25,28)(H,26,29)/t22-/m0/s1. The first kappa shape index (κ1) is 25.7. The molecule has 2 aromatic carbocycles. The molecule has 3 rings (SSSR count). The molecule has 2 aromatic rings. The van der Waals surface area contributed by atoms with E-state index in [4.69, 9.17) is 9.47 Å². The lowest BCUT2D eigenvalue weighted by atomic mass is 10.0. The van der Waals surface area contributed by atoms with Gasteiger partial charge in [0, 0.05) is 19.6 Å². The number of rotatable bonds is 9. The van der Waals surface area contributed by atoms with Crippen LogP contribution in [0, 0.1) is 5.92 Å². The summed E-state index contributed by atoms with van der Waals surface area (Å²) in [5.74, 6) is -0.512. The monoisotopic (exact) mass is 489 g/mol. The zero-order chi connectivity index (χ0) is 24.6. The van der Waals surface area contributed by atoms with Crippen LogP contribution in [0.4, 0.5) is 4.79 Å². The van der Waals surface area contributed by atoms with E-state index in [0.29, 0.717) is 26.3 Å². The first-order valence-electron chi connectivity index (χ1n) is 11.2. The topological polar surface area (TPSA) is 114 Å². The molecule has 1 aliphatic heterocycles. The minimum absolute atomic E-state index is 0.110. The molecule has 0 saturated carbocycles. The molecule has 2 N–H and O–H groups in total. The molecule has 0 radical (unpaired) electrons. The first-order chi connectivity index (χ1) is 16.3. The van der Waals surface area contributed by atoms with Crippen molar-refractivity contribution in [3.8, 4) is 0 Å². The maximum atomic E-state index is 12.7. The Hall–Kier alpha value is -2.95. The molecule has 0 unspecified atom stereocenters. The zero-order valence-corrected chi connectivity index (χ0v) is 20.2. The van der Waals surface area contributed by atoms with E-state index in [1.165, 1.54) is 16.4 Å². The summed E-state index contributed by atoms with van der Waals surface area (Å²) < 4.78 is 37.3. The predicted octanol–water partition coefficient (Wildman–Crippen LogP) is 2.27. The molecule has 184 valence electrons. The Labute approximate surface area is 200 Å².